The highest BCUT2D eigenvalue weighted by atomic mass is 19.4. The molecule has 2 saturated heterocycles. The molecule has 1 unspecified atom stereocenters. The molecule has 2 aliphatic rings. The largest absolute Gasteiger partial charge is 0.416 e. The predicted octanol–water partition coefficient (Wildman–Crippen LogP) is 5.98. The number of benzene rings is 2. The van der Waals surface area contributed by atoms with Crippen molar-refractivity contribution in [1.82, 2.24) is 20.0 Å². The lowest BCUT2D eigenvalue weighted by molar-refractivity contribution is -0.143. The van der Waals surface area contributed by atoms with Crippen LogP contribution in [0.1, 0.15) is 55.0 Å². The van der Waals surface area contributed by atoms with E-state index < -0.39 is 29.5 Å². The van der Waals surface area contributed by atoms with Crippen LogP contribution in [0.4, 0.5) is 31.1 Å². The summed E-state index contributed by atoms with van der Waals surface area (Å²) >= 11 is 0. The van der Waals surface area contributed by atoms with Crippen LogP contribution in [0, 0.1) is 0 Å². The number of likely N-dealkylation sites (tertiary alicyclic amines) is 1. The van der Waals surface area contributed by atoms with Crippen LogP contribution in [0.15, 0.2) is 48.5 Å². The maximum absolute atomic E-state index is 13.7. The van der Waals surface area contributed by atoms with Gasteiger partial charge >= 0.3 is 18.4 Å². The van der Waals surface area contributed by atoms with Crippen LogP contribution in [0.3, 0.4) is 0 Å². The summed E-state index contributed by atoms with van der Waals surface area (Å²) in [5, 5.41) is 2.80. The van der Waals surface area contributed by atoms with Gasteiger partial charge in [-0.15, -0.1) is 0 Å². The molecule has 0 saturated carbocycles. The minimum atomic E-state index is -4.93. The highest BCUT2D eigenvalue weighted by Crippen LogP contribution is 2.36. The van der Waals surface area contributed by atoms with E-state index in [4.69, 9.17) is 0 Å². The summed E-state index contributed by atoms with van der Waals surface area (Å²) in [6.07, 6.45) is -8.69. The minimum Gasteiger partial charge on any atom is -0.344 e. The number of halogens is 6. The molecule has 1 N–H and O–H groups in total. The summed E-state index contributed by atoms with van der Waals surface area (Å²) in [7, 11) is 1.50. The van der Waals surface area contributed by atoms with E-state index in [1.54, 1.807) is 12.1 Å². The number of urea groups is 1. The molecule has 2 heterocycles. The Hall–Kier alpha value is -3.28. The molecule has 2 aromatic rings. The van der Waals surface area contributed by atoms with Crippen molar-refractivity contribution in [3.05, 3.63) is 70.8 Å². The van der Waals surface area contributed by atoms with Crippen LogP contribution in [0.5, 0.6) is 0 Å². The zero-order valence-electron chi connectivity index (χ0n) is 23.4. The van der Waals surface area contributed by atoms with Crippen molar-refractivity contribution in [3.8, 4) is 0 Å². The fourth-order valence-corrected chi connectivity index (χ4v) is 5.21. The van der Waals surface area contributed by atoms with Crippen molar-refractivity contribution >= 4 is 11.9 Å². The summed E-state index contributed by atoms with van der Waals surface area (Å²) < 4.78 is 79.5. The number of hydrogen-bond acceptors (Lipinski definition) is 3. The number of amides is 3. The predicted molar refractivity (Wildman–Crippen MR) is 143 cm³/mol. The van der Waals surface area contributed by atoms with Crippen molar-refractivity contribution in [3.63, 3.8) is 0 Å². The Morgan fingerprint density at radius 3 is 2.00 bits per heavy atom. The standard InChI is InChI=1S/C27H30F6N4O2.C2H6/c1-35(11-7-18-15-20(26(28,29)30)17-21(16-18)27(31,32)33)24(38)23(19-5-3-2-4-6-19)36-12-8-22(9-13-36)37-14-10-34-25(37)39;1-2/h2-6,15-17,22-23H,7-14H2,1H3,(H,34,39);1-2H3. The number of piperidine rings is 1. The van der Waals surface area contributed by atoms with Gasteiger partial charge in [-0.25, -0.2) is 4.79 Å². The second-order valence-corrected chi connectivity index (χ2v) is 9.93. The molecule has 0 aromatic heterocycles. The molecular weight excluding hydrogens is 550 g/mol. The lowest BCUT2D eigenvalue weighted by Crippen LogP contribution is -2.50. The molecular formula is C29H36F6N4O2. The van der Waals surface area contributed by atoms with Gasteiger partial charge in [-0.05, 0) is 48.6 Å². The van der Waals surface area contributed by atoms with Gasteiger partial charge in [-0.3, -0.25) is 9.69 Å². The topological polar surface area (TPSA) is 55.9 Å². The fourth-order valence-electron chi connectivity index (χ4n) is 5.21. The van der Waals surface area contributed by atoms with Crippen LogP contribution >= 0.6 is 0 Å². The van der Waals surface area contributed by atoms with Gasteiger partial charge in [-0.1, -0.05) is 44.2 Å². The minimum absolute atomic E-state index is 0.0643. The Morgan fingerprint density at radius 2 is 1.51 bits per heavy atom. The van der Waals surface area contributed by atoms with Gasteiger partial charge < -0.3 is 15.1 Å². The second-order valence-electron chi connectivity index (χ2n) is 9.93. The van der Waals surface area contributed by atoms with E-state index in [0.717, 1.165) is 5.56 Å². The Labute approximate surface area is 236 Å². The van der Waals surface area contributed by atoms with E-state index in [-0.39, 0.29) is 42.6 Å². The van der Waals surface area contributed by atoms with Gasteiger partial charge in [-0.2, -0.15) is 26.3 Å². The van der Waals surface area contributed by atoms with Crippen molar-refractivity contribution in [2.45, 2.75) is 57.5 Å². The normalized spacial score (nSPS) is 17.5. The number of likely N-dealkylation sites (N-methyl/N-ethyl adjacent to an activating group) is 1. The molecule has 12 heteroatoms. The van der Waals surface area contributed by atoms with Crippen molar-refractivity contribution in [2.24, 2.45) is 0 Å². The maximum atomic E-state index is 13.7. The quantitative estimate of drug-likeness (QED) is 0.406. The lowest BCUT2D eigenvalue weighted by atomic mass is 9.97. The van der Waals surface area contributed by atoms with E-state index in [1.165, 1.54) is 11.9 Å². The average molecular weight is 587 g/mol. The molecule has 2 aliphatic heterocycles. The van der Waals surface area contributed by atoms with Gasteiger partial charge in [0.05, 0.1) is 11.1 Å². The first kappa shape index (κ1) is 32.2. The Morgan fingerprint density at radius 1 is 0.951 bits per heavy atom. The molecule has 4 rings (SSSR count). The van der Waals surface area contributed by atoms with E-state index >= 15 is 0 Å². The van der Waals surface area contributed by atoms with Crippen LogP contribution in [0.25, 0.3) is 0 Å². The first-order valence-corrected chi connectivity index (χ1v) is 13.7. The van der Waals surface area contributed by atoms with Gasteiger partial charge in [0.25, 0.3) is 0 Å². The molecule has 3 amide bonds. The summed E-state index contributed by atoms with van der Waals surface area (Å²) in [4.78, 5) is 30.9. The Balaban J connectivity index is 0.00000226. The molecule has 2 aromatic carbocycles. The van der Waals surface area contributed by atoms with Gasteiger partial charge in [0.15, 0.2) is 0 Å². The Bertz CT molecular complexity index is 1130. The zero-order valence-corrected chi connectivity index (χ0v) is 23.4. The molecule has 6 nitrogen and oxygen atoms in total. The molecule has 1 atom stereocenters. The van der Waals surface area contributed by atoms with E-state index in [1.807, 2.05) is 41.8 Å². The molecule has 0 aliphatic carbocycles. The van der Waals surface area contributed by atoms with Gasteiger partial charge in [0.1, 0.15) is 6.04 Å². The van der Waals surface area contributed by atoms with Crippen LogP contribution < -0.4 is 5.32 Å². The third-order valence-corrected chi connectivity index (χ3v) is 7.30. The van der Waals surface area contributed by atoms with Crippen molar-refractivity contribution in [1.29, 1.82) is 0 Å². The monoisotopic (exact) mass is 586 g/mol. The summed E-state index contributed by atoms with van der Waals surface area (Å²) in [5.41, 5.74) is -2.17. The highest BCUT2D eigenvalue weighted by Gasteiger charge is 2.38. The van der Waals surface area contributed by atoms with Crippen molar-refractivity contribution in [2.75, 3.05) is 39.8 Å². The summed E-state index contributed by atoms with van der Waals surface area (Å²) in [6.45, 7) is 6.28. The average Bonchev–Trinajstić information content (AvgIpc) is 3.38. The molecule has 0 bridgehead atoms. The first-order chi connectivity index (χ1) is 19.3. The summed E-state index contributed by atoms with van der Waals surface area (Å²) in [5.74, 6) is -0.304. The van der Waals surface area contributed by atoms with Gasteiger partial charge in [0, 0.05) is 45.8 Å². The number of alkyl halides is 6. The molecule has 0 spiro atoms. The Kier molecular flexibility index (Phi) is 10.7. The van der Waals surface area contributed by atoms with Crippen molar-refractivity contribution < 1.29 is 35.9 Å². The van der Waals surface area contributed by atoms with Gasteiger partial charge in [0.2, 0.25) is 5.91 Å². The third-order valence-electron chi connectivity index (χ3n) is 7.30. The number of carbonyl (C=O) groups is 2. The fraction of sp³-hybridized carbons (Fsp3) is 0.517. The number of hydrogen-bond donors (Lipinski definition) is 1. The second kappa shape index (κ2) is 13.6. The smallest absolute Gasteiger partial charge is 0.344 e. The molecule has 0 radical (unpaired) electrons. The number of nitrogens with one attached hydrogen (secondary N) is 1. The molecule has 2 fully saturated rings. The van der Waals surface area contributed by atoms with E-state index in [9.17, 15) is 35.9 Å². The van der Waals surface area contributed by atoms with Crippen LogP contribution in [-0.2, 0) is 23.6 Å². The number of rotatable bonds is 7. The third kappa shape index (κ3) is 8.15. The number of nitrogens with zero attached hydrogens (tertiary/aromatic N) is 3. The van der Waals surface area contributed by atoms with E-state index in [2.05, 4.69) is 5.32 Å². The lowest BCUT2D eigenvalue weighted by Gasteiger charge is -2.40. The SMILES string of the molecule is CC.CN(CCc1cc(C(F)(F)F)cc(C(F)(F)F)c1)C(=O)C(c1ccccc1)N1CCC(N2CCNC2=O)CC1. The van der Waals surface area contributed by atoms with Crippen LogP contribution in [0.2, 0.25) is 0 Å². The zero-order chi connectivity index (χ0) is 30.4. The highest BCUT2D eigenvalue weighted by molar-refractivity contribution is 5.83. The maximum Gasteiger partial charge on any atom is 0.416 e. The van der Waals surface area contributed by atoms with Crippen LogP contribution in [-0.4, -0.2) is 72.5 Å². The van der Waals surface area contributed by atoms with E-state index in [0.29, 0.717) is 51.2 Å². The summed E-state index contributed by atoms with van der Waals surface area (Å²) in [6, 6.07) is 9.86. The molecule has 41 heavy (non-hydrogen) atoms. The molecule has 226 valence electrons. The first-order valence-electron chi connectivity index (χ1n) is 13.7. The number of carbonyl (C=O) groups excluding carboxylic acids is 2.